The Bertz CT molecular complexity index is 1090. The fraction of sp³-hybridized carbons (Fsp3) is 0.594. The second-order valence-corrected chi connectivity index (χ2v) is 11.3. The van der Waals surface area contributed by atoms with Crippen molar-refractivity contribution in [3.63, 3.8) is 0 Å². The van der Waals surface area contributed by atoms with Crippen molar-refractivity contribution in [2.24, 2.45) is 11.8 Å². The Morgan fingerprint density at radius 1 is 1.23 bits per heavy atom. The average molecular weight is 553 g/mol. The molecule has 3 heterocycles. The molecule has 0 aliphatic carbocycles. The summed E-state index contributed by atoms with van der Waals surface area (Å²) in [4.78, 5) is 45.8. The number of aliphatic hydroxyl groups excluding tert-OH is 1. The van der Waals surface area contributed by atoms with Gasteiger partial charge in [-0.1, -0.05) is 62.8 Å². The van der Waals surface area contributed by atoms with Crippen molar-refractivity contribution in [1.29, 1.82) is 0 Å². The molecule has 2 amide bonds. The van der Waals surface area contributed by atoms with E-state index in [-0.39, 0.29) is 25.0 Å². The second-order valence-electron chi connectivity index (χ2n) is 11.3. The minimum atomic E-state index is -1.16. The number of unbranched alkanes of at least 4 members (excludes halogenated alkanes) is 1. The molecule has 0 radical (unpaired) electrons. The summed E-state index contributed by atoms with van der Waals surface area (Å²) < 4.78 is 12.5. The van der Waals surface area contributed by atoms with Gasteiger partial charge in [0.25, 0.3) is 0 Å². The predicted octanol–water partition coefficient (Wildman–Crippen LogP) is 3.68. The molecule has 1 aromatic rings. The minimum Gasteiger partial charge on any atom is -0.465 e. The molecule has 4 rings (SSSR count). The van der Waals surface area contributed by atoms with Gasteiger partial charge in [0.2, 0.25) is 11.8 Å². The van der Waals surface area contributed by atoms with Gasteiger partial charge in [0, 0.05) is 13.1 Å². The van der Waals surface area contributed by atoms with Crippen LogP contribution in [0.25, 0.3) is 0 Å². The highest BCUT2D eigenvalue weighted by atomic mass is 16.6. The van der Waals surface area contributed by atoms with Gasteiger partial charge in [-0.05, 0) is 44.1 Å². The Morgan fingerprint density at radius 2 is 1.98 bits per heavy atom. The van der Waals surface area contributed by atoms with Gasteiger partial charge in [-0.15, -0.1) is 13.2 Å². The smallest absolute Gasteiger partial charge is 0.312 e. The lowest BCUT2D eigenvalue weighted by molar-refractivity contribution is -0.163. The summed E-state index contributed by atoms with van der Waals surface area (Å²) in [6, 6.07) is 8.01. The van der Waals surface area contributed by atoms with Gasteiger partial charge in [0.15, 0.2) is 0 Å². The quantitative estimate of drug-likeness (QED) is 0.203. The molecule has 0 saturated carbocycles. The third kappa shape index (κ3) is 5.12. The maximum atomic E-state index is 14.5. The van der Waals surface area contributed by atoms with E-state index in [4.69, 9.17) is 9.47 Å². The van der Waals surface area contributed by atoms with Crippen molar-refractivity contribution in [2.45, 2.75) is 82.1 Å². The second kappa shape index (κ2) is 12.7. The van der Waals surface area contributed by atoms with Crippen LogP contribution in [0, 0.1) is 11.8 Å². The molecule has 3 aliphatic rings. The number of carbonyl (C=O) groups is 3. The molecule has 2 bridgehead atoms. The highest BCUT2D eigenvalue weighted by Crippen LogP contribution is 2.65. The van der Waals surface area contributed by atoms with Crippen LogP contribution in [-0.4, -0.2) is 82.3 Å². The van der Waals surface area contributed by atoms with E-state index in [9.17, 15) is 19.5 Å². The average Bonchev–Trinajstić information content (AvgIpc) is 3.58. The van der Waals surface area contributed by atoms with Gasteiger partial charge in [0.05, 0.1) is 30.8 Å². The largest absolute Gasteiger partial charge is 0.465 e. The van der Waals surface area contributed by atoms with Crippen LogP contribution in [0.1, 0.15) is 57.9 Å². The molecule has 1 aromatic carbocycles. The van der Waals surface area contributed by atoms with E-state index in [1.165, 1.54) is 0 Å². The fourth-order valence-electron chi connectivity index (χ4n) is 7.13. The van der Waals surface area contributed by atoms with Gasteiger partial charge in [-0.2, -0.15) is 0 Å². The molecule has 8 nitrogen and oxygen atoms in total. The van der Waals surface area contributed by atoms with Crippen LogP contribution < -0.4 is 0 Å². The van der Waals surface area contributed by atoms with E-state index in [1.807, 2.05) is 37.3 Å². The predicted molar refractivity (Wildman–Crippen MR) is 152 cm³/mol. The molecule has 1 spiro atoms. The Kier molecular flexibility index (Phi) is 9.52. The van der Waals surface area contributed by atoms with E-state index in [2.05, 4.69) is 20.1 Å². The Morgan fingerprint density at radius 3 is 2.60 bits per heavy atom. The van der Waals surface area contributed by atoms with Gasteiger partial charge in [-0.25, -0.2) is 0 Å². The van der Waals surface area contributed by atoms with Gasteiger partial charge < -0.3 is 24.4 Å². The molecule has 1 N–H and O–H groups in total. The summed E-state index contributed by atoms with van der Waals surface area (Å²) in [5, 5.41) is 10.6. The van der Waals surface area contributed by atoms with Gasteiger partial charge in [0.1, 0.15) is 17.6 Å². The van der Waals surface area contributed by atoms with Crippen molar-refractivity contribution >= 4 is 17.8 Å². The number of likely N-dealkylation sites (tertiary alicyclic amines) is 1. The zero-order valence-corrected chi connectivity index (χ0v) is 23.9. The lowest BCUT2D eigenvalue weighted by Crippen LogP contribution is -2.59. The topological polar surface area (TPSA) is 96.4 Å². The molecule has 3 saturated heterocycles. The number of benzene rings is 1. The molecule has 3 fully saturated rings. The third-order valence-corrected chi connectivity index (χ3v) is 9.03. The highest BCUT2D eigenvalue weighted by Gasteiger charge is 2.79. The fourth-order valence-corrected chi connectivity index (χ4v) is 7.13. The maximum absolute atomic E-state index is 14.5. The maximum Gasteiger partial charge on any atom is 0.312 e. The van der Waals surface area contributed by atoms with Gasteiger partial charge >= 0.3 is 5.97 Å². The number of hydrogen-bond acceptors (Lipinski definition) is 6. The molecule has 2 unspecified atom stereocenters. The number of fused-ring (bicyclic) bond motifs is 1. The summed E-state index contributed by atoms with van der Waals surface area (Å²) >= 11 is 0. The molecule has 6 atom stereocenters. The molecule has 8 heteroatoms. The van der Waals surface area contributed by atoms with E-state index in [0.29, 0.717) is 45.2 Å². The summed E-state index contributed by atoms with van der Waals surface area (Å²) in [6.07, 6.45) is 7.54. The first-order valence-corrected chi connectivity index (χ1v) is 14.7. The Hall–Kier alpha value is -2.97. The summed E-state index contributed by atoms with van der Waals surface area (Å²) in [7, 11) is 0. The molecule has 3 aliphatic heterocycles. The van der Waals surface area contributed by atoms with Crippen molar-refractivity contribution in [2.75, 3.05) is 26.3 Å². The van der Waals surface area contributed by atoms with E-state index in [0.717, 1.165) is 18.4 Å². The Labute approximate surface area is 238 Å². The van der Waals surface area contributed by atoms with Gasteiger partial charge in [-0.3, -0.25) is 14.4 Å². The third-order valence-electron chi connectivity index (χ3n) is 9.03. The summed E-state index contributed by atoms with van der Waals surface area (Å²) in [5.74, 6) is -2.67. The first kappa shape index (κ1) is 30.0. The van der Waals surface area contributed by atoms with Crippen LogP contribution in [-0.2, 0) is 30.3 Å². The minimum absolute atomic E-state index is 0.177. The van der Waals surface area contributed by atoms with Crippen LogP contribution in [0.3, 0.4) is 0 Å². The lowest BCUT2D eigenvalue weighted by Gasteiger charge is -2.39. The lowest BCUT2D eigenvalue weighted by atomic mass is 9.65. The van der Waals surface area contributed by atoms with Crippen molar-refractivity contribution in [3.8, 4) is 0 Å². The number of ether oxygens (including phenoxy) is 2. The number of nitrogens with zero attached hydrogens (tertiary/aromatic N) is 2. The first-order chi connectivity index (χ1) is 19.3. The van der Waals surface area contributed by atoms with Crippen molar-refractivity contribution in [3.05, 3.63) is 61.2 Å². The zero-order chi connectivity index (χ0) is 28.9. The molecular weight excluding hydrogens is 508 g/mol. The molecular formula is C32H44N2O6. The number of carbonyl (C=O) groups excluding carboxylic acids is 3. The zero-order valence-electron chi connectivity index (χ0n) is 23.9. The number of aliphatic hydroxyl groups is 1. The monoisotopic (exact) mass is 552 g/mol. The SMILES string of the molecule is C=CCCOC(=O)[C@@H]1[C@H]2C(=O)N([C@@H](CO)Cc3ccccc3)C(C(=O)N(CC=C)CCCC)C23CC[C@@]1(CC)O3. The number of amides is 2. The molecule has 40 heavy (non-hydrogen) atoms. The standard InChI is InChI=1S/C32H44N2O6/c1-5-9-19-33(18-7-3)29(37)27-32-17-16-31(8-4,40-32)26(30(38)39-20-10-6-2)25(32)28(36)34(27)24(22-35)21-23-14-12-11-13-15-23/h6-7,11-15,24-27,35H,2-3,5,8-10,16-22H2,1,4H3/t24-,25+,26+,27?,31-,32?/m1/s1. The van der Waals surface area contributed by atoms with E-state index in [1.54, 1.807) is 22.0 Å². The van der Waals surface area contributed by atoms with Crippen LogP contribution in [0.2, 0.25) is 0 Å². The van der Waals surface area contributed by atoms with E-state index >= 15 is 0 Å². The van der Waals surface area contributed by atoms with Crippen molar-refractivity contribution in [1.82, 2.24) is 9.80 Å². The van der Waals surface area contributed by atoms with E-state index < -0.39 is 41.1 Å². The summed E-state index contributed by atoms with van der Waals surface area (Å²) in [6.45, 7) is 12.3. The summed E-state index contributed by atoms with van der Waals surface area (Å²) in [5.41, 5.74) is -1.08. The normalized spacial score (nSPS) is 29.2. The molecule has 218 valence electrons. The highest BCUT2D eigenvalue weighted by molar-refractivity contribution is 5.98. The van der Waals surface area contributed by atoms with Crippen LogP contribution in [0.4, 0.5) is 0 Å². The number of hydrogen-bond donors (Lipinski definition) is 1. The van der Waals surface area contributed by atoms with Crippen molar-refractivity contribution < 1.29 is 29.0 Å². The van der Waals surface area contributed by atoms with Crippen LogP contribution in [0.15, 0.2) is 55.6 Å². The first-order valence-electron chi connectivity index (χ1n) is 14.7. The molecule has 0 aromatic heterocycles. The van der Waals surface area contributed by atoms with Crippen LogP contribution >= 0.6 is 0 Å². The number of rotatable bonds is 15. The number of esters is 1. The Balaban J connectivity index is 1.79. The van der Waals surface area contributed by atoms with Crippen LogP contribution in [0.5, 0.6) is 0 Å².